The molecule has 128 valence electrons. The molecule has 1 aromatic heterocycles. The van der Waals surface area contributed by atoms with Gasteiger partial charge < -0.3 is 0 Å². The minimum atomic E-state index is -3.71. The molecule has 3 rings (SSSR count). The van der Waals surface area contributed by atoms with Gasteiger partial charge >= 0.3 is 0 Å². The van der Waals surface area contributed by atoms with Crippen LogP contribution in [0.5, 0.6) is 0 Å². The molecule has 0 atom stereocenters. The van der Waals surface area contributed by atoms with E-state index >= 15 is 0 Å². The number of sulfonamides is 1. The van der Waals surface area contributed by atoms with Gasteiger partial charge in [-0.2, -0.15) is 0 Å². The molecule has 0 unspecified atom stereocenters. The Morgan fingerprint density at radius 1 is 1.04 bits per heavy atom. The van der Waals surface area contributed by atoms with Crippen LogP contribution < -0.4 is 10.0 Å². The van der Waals surface area contributed by atoms with Gasteiger partial charge in [0.15, 0.2) is 0 Å². The molecule has 0 saturated heterocycles. The highest BCUT2D eigenvalue weighted by Gasteiger charge is 2.15. The molecule has 25 heavy (non-hydrogen) atoms. The zero-order chi connectivity index (χ0) is 17.9. The summed E-state index contributed by atoms with van der Waals surface area (Å²) >= 11 is 1.26. The Hall–Kier alpha value is -2.78. The Bertz CT molecular complexity index is 1000. The van der Waals surface area contributed by atoms with Crippen LogP contribution in [0.3, 0.4) is 0 Å². The van der Waals surface area contributed by atoms with E-state index in [4.69, 9.17) is 0 Å². The van der Waals surface area contributed by atoms with Gasteiger partial charge in [-0.25, -0.2) is 8.42 Å². The molecule has 0 aliphatic heterocycles. The van der Waals surface area contributed by atoms with Gasteiger partial charge in [-0.15, -0.1) is 10.2 Å². The lowest BCUT2D eigenvalue weighted by Crippen LogP contribution is -2.15. The quantitative estimate of drug-likeness (QED) is 0.715. The third-order valence-electron chi connectivity index (χ3n) is 3.18. The van der Waals surface area contributed by atoms with Gasteiger partial charge in [0, 0.05) is 11.3 Å². The van der Waals surface area contributed by atoms with Gasteiger partial charge in [-0.05, 0) is 37.3 Å². The molecule has 0 aliphatic carbocycles. The van der Waals surface area contributed by atoms with Crippen molar-refractivity contribution in [1.82, 2.24) is 10.2 Å². The van der Waals surface area contributed by atoms with Crippen LogP contribution in [0.15, 0.2) is 59.5 Å². The Balaban J connectivity index is 1.78. The Morgan fingerprint density at radius 2 is 1.80 bits per heavy atom. The van der Waals surface area contributed by atoms with Crippen LogP contribution in [0, 0.1) is 6.92 Å². The maximum absolute atomic E-state index is 12.3. The molecule has 2 aromatic carbocycles. The molecule has 1 amide bonds. The van der Waals surface area contributed by atoms with Gasteiger partial charge in [-0.1, -0.05) is 35.6 Å². The second-order valence-electron chi connectivity index (χ2n) is 5.08. The number of nitrogens with zero attached hydrogens (tertiary/aromatic N) is 2. The van der Waals surface area contributed by atoms with Gasteiger partial charge in [0.25, 0.3) is 15.9 Å². The molecule has 9 heteroatoms. The lowest BCUT2D eigenvalue weighted by molar-refractivity contribution is 0.102. The van der Waals surface area contributed by atoms with E-state index in [1.54, 1.807) is 43.3 Å². The fourth-order valence-electron chi connectivity index (χ4n) is 2.05. The monoisotopic (exact) mass is 374 g/mol. The number of carbonyl (C=O) groups is 1. The first-order valence-corrected chi connectivity index (χ1v) is 9.53. The van der Waals surface area contributed by atoms with E-state index < -0.39 is 15.9 Å². The van der Waals surface area contributed by atoms with Gasteiger partial charge in [0.05, 0.1) is 4.90 Å². The summed E-state index contributed by atoms with van der Waals surface area (Å²) in [7, 11) is -3.71. The minimum Gasteiger partial charge on any atom is -0.296 e. The minimum absolute atomic E-state index is 0.147. The highest BCUT2D eigenvalue weighted by Crippen LogP contribution is 2.19. The third kappa shape index (κ3) is 4.20. The first kappa shape index (κ1) is 17.1. The van der Waals surface area contributed by atoms with E-state index in [0.717, 1.165) is 5.01 Å². The first-order chi connectivity index (χ1) is 11.9. The largest absolute Gasteiger partial charge is 0.296 e. The number of hydrogen-bond acceptors (Lipinski definition) is 6. The zero-order valence-corrected chi connectivity index (χ0v) is 14.8. The summed E-state index contributed by atoms with van der Waals surface area (Å²) in [6.07, 6.45) is 0. The third-order valence-corrected chi connectivity index (χ3v) is 5.33. The number of benzene rings is 2. The molecule has 2 N–H and O–H groups in total. The fourth-order valence-corrected chi connectivity index (χ4v) is 3.71. The summed E-state index contributed by atoms with van der Waals surface area (Å²) in [6.45, 7) is 1.78. The van der Waals surface area contributed by atoms with E-state index in [2.05, 4.69) is 20.2 Å². The van der Waals surface area contributed by atoms with Crippen LogP contribution in [0.1, 0.15) is 15.4 Å². The lowest BCUT2D eigenvalue weighted by atomic mass is 10.2. The average Bonchev–Trinajstić information content (AvgIpc) is 3.00. The van der Waals surface area contributed by atoms with E-state index in [1.807, 2.05) is 0 Å². The number of carbonyl (C=O) groups excluding carboxylic acids is 1. The Kier molecular flexibility index (Phi) is 4.77. The molecule has 0 fully saturated rings. The second kappa shape index (κ2) is 6.99. The van der Waals surface area contributed by atoms with Crippen molar-refractivity contribution in [2.24, 2.45) is 0 Å². The highest BCUT2D eigenvalue weighted by molar-refractivity contribution is 7.92. The van der Waals surface area contributed by atoms with Crippen molar-refractivity contribution in [3.63, 3.8) is 0 Å². The van der Waals surface area contributed by atoms with E-state index in [-0.39, 0.29) is 4.90 Å². The topological polar surface area (TPSA) is 101 Å². The Labute approximate surface area is 148 Å². The maximum Gasteiger partial charge on any atom is 0.261 e. The molecule has 0 spiro atoms. The van der Waals surface area contributed by atoms with Crippen LogP contribution in [0.2, 0.25) is 0 Å². The van der Waals surface area contributed by atoms with Gasteiger partial charge in [0.2, 0.25) is 5.13 Å². The van der Waals surface area contributed by atoms with E-state index in [9.17, 15) is 13.2 Å². The lowest BCUT2D eigenvalue weighted by Gasteiger charge is -2.09. The summed E-state index contributed by atoms with van der Waals surface area (Å²) in [4.78, 5) is 12.4. The first-order valence-electron chi connectivity index (χ1n) is 7.23. The number of amides is 1. The van der Waals surface area contributed by atoms with Crippen molar-refractivity contribution in [1.29, 1.82) is 0 Å². The van der Waals surface area contributed by atoms with Crippen molar-refractivity contribution in [2.45, 2.75) is 11.8 Å². The van der Waals surface area contributed by atoms with Gasteiger partial charge in [-0.3, -0.25) is 14.8 Å². The van der Waals surface area contributed by atoms with Crippen molar-refractivity contribution in [2.75, 3.05) is 10.0 Å². The molecule has 0 bridgehead atoms. The summed E-state index contributed by atoms with van der Waals surface area (Å²) in [5, 5.41) is 11.4. The molecule has 7 nitrogen and oxygen atoms in total. The van der Waals surface area contributed by atoms with Crippen LogP contribution in [0.4, 0.5) is 10.8 Å². The average molecular weight is 374 g/mol. The molecule has 3 aromatic rings. The number of aromatic nitrogens is 2. The summed E-state index contributed by atoms with van der Waals surface area (Å²) in [5.74, 6) is -0.392. The number of rotatable bonds is 5. The van der Waals surface area contributed by atoms with Crippen molar-refractivity contribution >= 4 is 38.1 Å². The predicted molar refractivity (Wildman–Crippen MR) is 96.3 cm³/mol. The Morgan fingerprint density at radius 3 is 2.48 bits per heavy atom. The zero-order valence-electron chi connectivity index (χ0n) is 13.1. The van der Waals surface area contributed by atoms with Crippen LogP contribution in [-0.4, -0.2) is 24.5 Å². The molecular weight excluding hydrogens is 360 g/mol. The SMILES string of the molecule is Cc1nnc(NC(=O)c2cccc(NS(=O)(=O)c3ccccc3)c2)s1. The summed E-state index contributed by atoms with van der Waals surface area (Å²) in [6, 6.07) is 14.2. The van der Waals surface area contributed by atoms with E-state index in [1.165, 1.54) is 29.5 Å². The fraction of sp³-hybridized carbons (Fsp3) is 0.0625. The standard InChI is InChI=1S/C16H14N4O3S2/c1-11-18-19-16(24-11)17-15(21)12-6-5-7-13(10-12)20-25(22,23)14-8-3-2-4-9-14/h2-10,20H,1H3,(H,17,19,21). The number of anilines is 2. The van der Waals surface area contributed by atoms with Crippen molar-refractivity contribution in [3.05, 3.63) is 65.2 Å². The molecule has 1 heterocycles. The maximum atomic E-state index is 12.3. The van der Waals surface area contributed by atoms with E-state index in [0.29, 0.717) is 16.4 Å². The molecular formula is C16H14N4O3S2. The normalized spacial score (nSPS) is 11.1. The predicted octanol–water partition coefficient (Wildman–Crippen LogP) is 2.90. The number of nitrogens with one attached hydrogen (secondary N) is 2. The van der Waals surface area contributed by atoms with Crippen molar-refractivity contribution in [3.8, 4) is 0 Å². The molecule has 0 radical (unpaired) electrons. The van der Waals surface area contributed by atoms with Crippen LogP contribution >= 0.6 is 11.3 Å². The molecule has 0 saturated carbocycles. The van der Waals surface area contributed by atoms with Crippen LogP contribution in [-0.2, 0) is 10.0 Å². The van der Waals surface area contributed by atoms with Gasteiger partial charge in [0.1, 0.15) is 5.01 Å². The highest BCUT2D eigenvalue weighted by atomic mass is 32.2. The smallest absolute Gasteiger partial charge is 0.261 e. The number of aryl methyl sites for hydroxylation is 1. The summed E-state index contributed by atoms with van der Waals surface area (Å²) < 4.78 is 27.2. The molecule has 0 aliphatic rings. The second-order valence-corrected chi connectivity index (χ2v) is 7.94. The summed E-state index contributed by atoms with van der Waals surface area (Å²) in [5.41, 5.74) is 0.603. The van der Waals surface area contributed by atoms with Crippen LogP contribution in [0.25, 0.3) is 0 Å². The van der Waals surface area contributed by atoms with Crippen molar-refractivity contribution < 1.29 is 13.2 Å². The number of hydrogen-bond donors (Lipinski definition) is 2.